The van der Waals surface area contributed by atoms with Gasteiger partial charge in [0.2, 0.25) is 5.89 Å². The number of aryl methyl sites for hydroxylation is 1. The Balaban J connectivity index is 1.83. The normalized spacial score (nSPS) is 10.6. The predicted octanol–water partition coefficient (Wildman–Crippen LogP) is 1.75. The average molecular weight is 221 g/mol. The fraction of sp³-hybridized carbons (Fsp3) is 0.500. The Bertz CT molecular complexity index is 409. The Kier molecular flexibility index (Phi) is 3.53. The number of unbranched alkanes of at least 4 members (excludes halogenated alkanes) is 1. The molecule has 6 heteroatoms. The lowest BCUT2D eigenvalue weighted by molar-refractivity contribution is 0.494. The second kappa shape index (κ2) is 5.29. The molecule has 2 N–H and O–H groups in total. The number of hydrogen-bond donors (Lipinski definition) is 2. The number of nitrogens with one attached hydrogen (secondary N) is 2. The SMILES string of the molecule is CCCCc1nnc(NCc2ncc[nH]2)o1. The van der Waals surface area contributed by atoms with Gasteiger partial charge in [0, 0.05) is 18.8 Å². The first kappa shape index (κ1) is 10.7. The van der Waals surface area contributed by atoms with Crippen LogP contribution in [0.25, 0.3) is 0 Å². The number of H-pyrrole nitrogens is 1. The van der Waals surface area contributed by atoms with Gasteiger partial charge in [-0.2, -0.15) is 0 Å². The van der Waals surface area contributed by atoms with Crippen molar-refractivity contribution in [1.29, 1.82) is 0 Å². The second-order valence-electron chi connectivity index (χ2n) is 3.49. The van der Waals surface area contributed by atoms with Gasteiger partial charge in [-0.1, -0.05) is 18.4 Å². The molecule has 2 rings (SSSR count). The number of hydrogen-bond acceptors (Lipinski definition) is 5. The van der Waals surface area contributed by atoms with E-state index in [-0.39, 0.29) is 0 Å². The number of nitrogens with zero attached hydrogens (tertiary/aromatic N) is 3. The van der Waals surface area contributed by atoms with Gasteiger partial charge in [0.1, 0.15) is 5.82 Å². The van der Waals surface area contributed by atoms with E-state index in [1.165, 1.54) is 0 Å². The molecule has 0 aliphatic rings. The summed E-state index contributed by atoms with van der Waals surface area (Å²) in [5, 5.41) is 10.9. The summed E-state index contributed by atoms with van der Waals surface area (Å²) in [6, 6.07) is 0.447. The van der Waals surface area contributed by atoms with Crippen LogP contribution in [-0.4, -0.2) is 20.2 Å². The molecule has 0 amide bonds. The molecule has 0 saturated heterocycles. The van der Waals surface area contributed by atoms with E-state index in [1.807, 2.05) is 0 Å². The molecule has 16 heavy (non-hydrogen) atoms. The second-order valence-corrected chi connectivity index (χ2v) is 3.49. The highest BCUT2D eigenvalue weighted by Crippen LogP contribution is 2.08. The molecule has 0 fully saturated rings. The lowest BCUT2D eigenvalue weighted by Gasteiger charge is -1.96. The topological polar surface area (TPSA) is 79.6 Å². The van der Waals surface area contributed by atoms with Gasteiger partial charge in [0.15, 0.2) is 0 Å². The zero-order valence-electron chi connectivity index (χ0n) is 9.23. The van der Waals surface area contributed by atoms with Crippen molar-refractivity contribution in [3.63, 3.8) is 0 Å². The standard InChI is InChI=1S/C10H15N5O/c1-2-3-4-9-14-15-10(16-9)13-7-8-11-5-6-12-8/h5-6H,2-4,7H2,1H3,(H,11,12)(H,13,15). The third kappa shape index (κ3) is 2.82. The largest absolute Gasteiger partial charge is 0.408 e. The Morgan fingerprint density at radius 1 is 1.44 bits per heavy atom. The molecule has 0 spiro atoms. The van der Waals surface area contributed by atoms with E-state index in [9.17, 15) is 0 Å². The van der Waals surface area contributed by atoms with Crippen LogP contribution in [0.15, 0.2) is 16.8 Å². The highest BCUT2D eigenvalue weighted by atomic mass is 16.4. The molecule has 0 atom stereocenters. The number of aromatic nitrogens is 4. The summed E-state index contributed by atoms with van der Waals surface area (Å²) < 4.78 is 5.41. The lowest BCUT2D eigenvalue weighted by Crippen LogP contribution is -2.01. The van der Waals surface area contributed by atoms with Crippen molar-refractivity contribution in [1.82, 2.24) is 20.2 Å². The number of imidazole rings is 1. The van der Waals surface area contributed by atoms with Gasteiger partial charge >= 0.3 is 6.01 Å². The predicted molar refractivity (Wildman–Crippen MR) is 58.8 cm³/mol. The zero-order chi connectivity index (χ0) is 11.2. The lowest BCUT2D eigenvalue weighted by atomic mass is 10.2. The van der Waals surface area contributed by atoms with Crippen molar-refractivity contribution in [2.45, 2.75) is 32.7 Å². The molecule has 2 heterocycles. The molecule has 86 valence electrons. The summed E-state index contributed by atoms with van der Waals surface area (Å²) in [5.41, 5.74) is 0. The first-order chi connectivity index (χ1) is 7.88. The Morgan fingerprint density at radius 3 is 3.12 bits per heavy atom. The molecule has 0 aliphatic heterocycles. The van der Waals surface area contributed by atoms with Crippen molar-refractivity contribution in [3.8, 4) is 0 Å². The van der Waals surface area contributed by atoms with Crippen LogP contribution in [0.2, 0.25) is 0 Å². The number of anilines is 1. The summed E-state index contributed by atoms with van der Waals surface area (Å²) >= 11 is 0. The monoisotopic (exact) mass is 221 g/mol. The first-order valence-corrected chi connectivity index (χ1v) is 5.43. The van der Waals surface area contributed by atoms with E-state index in [1.54, 1.807) is 12.4 Å². The van der Waals surface area contributed by atoms with Crippen molar-refractivity contribution in [3.05, 3.63) is 24.1 Å². The van der Waals surface area contributed by atoms with E-state index < -0.39 is 0 Å². The minimum absolute atomic E-state index is 0.447. The van der Waals surface area contributed by atoms with Gasteiger partial charge in [-0.05, 0) is 6.42 Å². The van der Waals surface area contributed by atoms with Gasteiger partial charge in [-0.15, -0.1) is 5.10 Å². The molecule has 0 unspecified atom stereocenters. The summed E-state index contributed by atoms with van der Waals surface area (Å²) in [4.78, 5) is 7.06. The van der Waals surface area contributed by atoms with E-state index in [2.05, 4.69) is 32.4 Å². The van der Waals surface area contributed by atoms with E-state index >= 15 is 0 Å². The van der Waals surface area contributed by atoms with E-state index in [0.29, 0.717) is 18.5 Å². The molecule has 0 radical (unpaired) electrons. The fourth-order valence-corrected chi connectivity index (χ4v) is 1.31. The maximum absolute atomic E-state index is 5.41. The number of rotatable bonds is 6. The summed E-state index contributed by atoms with van der Waals surface area (Å²) in [6.07, 6.45) is 6.51. The van der Waals surface area contributed by atoms with Crippen molar-refractivity contribution in [2.75, 3.05) is 5.32 Å². The molecule has 0 aliphatic carbocycles. The van der Waals surface area contributed by atoms with Crippen LogP contribution in [0.5, 0.6) is 0 Å². The van der Waals surface area contributed by atoms with Gasteiger partial charge in [-0.25, -0.2) is 4.98 Å². The molecular formula is C10H15N5O. The minimum Gasteiger partial charge on any atom is -0.408 e. The van der Waals surface area contributed by atoms with Crippen molar-refractivity contribution in [2.24, 2.45) is 0 Å². The van der Waals surface area contributed by atoms with Crippen molar-refractivity contribution < 1.29 is 4.42 Å². The van der Waals surface area contributed by atoms with Crippen molar-refractivity contribution >= 4 is 6.01 Å². The van der Waals surface area contributed by atoms with Gasteiger partial charge in [-0.3, -0.25) is 0 Å². The Morgan fingerprint density at radius 2 is 2.38 bits per heavy atom. The molecular weight excluding hydrogens is 206 g/mol. The van der Waals surface area contributed by atoms with Crippen LogP contribution in [0.1, 0.15) is 31.5 Å². The highest BCUT2D eigenvalue weighted by Gasteiger charge is 2.05. The van der Waals surface area contributed by atoms with E-state index in [4.69, 9.17) is 4.42 Å². The quantitative estimate of drug-likeness (QED) is 0.776. The summed E-state index contributed by atoms with van der Waals surface area (Å²) in [6.45, 7) is 2.69. The zero-order valence-corrected chi connectivity index (χ0v) is 9.23. The third-order valence-electron chi connectivity index (χ3n) is 2.17. The third-order valence-corrected chi connectivity index (χ3v) is 2.17. The van der Waals surface area contributed by atoms with Gasteiger partial charge in [0.25, 0.3) is 0 Å². The smallest absolute Gasteiger partial charge is 0.315 e. The van der Waals surface area contributed by atoms with Crippen LogP contribution < -0.4 is 5.32 Å². The molecule has 0 bridgehead atoms. The van der Waals surface area contributed by atoms with Crippen LogP contribution in [0, 0.1) is 0 Å². The van der Waals surface area contributed by atoms with Gasteiger partial charge in [0.05, 0.1) is 6.54 Å². The van der Waals surface area contributed by atoms with Gasteiger partial charge < -0.3 is 14.7 Å². The average Bonchev–Trinajstić information content (AvgIpc) is 2.95. The summed E-state index contributed by atoms with van der Waals surface area (Å²) in [5.74, 6) is 1.53. The minimum atomic E-state index is 0.447. The van der Waals surface area contributed by atoms with Crippen LogP contribution in [0.4, 0.5) is 6.01 Å². The molecule has 6 nitrogen and oxygen atoms in total. The van der Waals surface area contributed by atoms with Crippen LogP contribution in [0.3, 0.4) is 0 Å². The van der Waals surface area contributed by atoms with E-state index in [0.717, 1.165) is 25.1 Å². The maximum atomic E-state index is 5.41. The molecule has 0 saturated carbocycles. The number of aromatic amines is 1. The molecule has 2 aromatic heterocycles. The summed E-state index contributed by atoms with van der Waals surface area (Å²) in [7, 11) is 0. The maximum Gasteiger partial charge on any atom is 0.315 e. The Hall–Kier alpha value is -1.85. The Labute approximate surface area is 93.5 Å². The fourth-order valence-electron chi connectivity index (χ4n) is 1.31. The first-order valence-electron chi connectivity index (χ1n) is 5.43. The van der Waals surface area contributed by atoms with Crippen LogP contribution in [-0.2, 0) is 13.0 Å². The van der Waals surface area contributed by atoms with Crippen LogP contribution >= 0.6 is 0 Å². The molecule has 2 aromatic rings. The highest BCUT2D eigenvalue weighted by molar-refractivity contribution is 5.17. The molecule has 0 aromatic carbocycles.